The Morgan fingerprint density at radius 3 is 2.85 bits per heavy atom. The Kier molecular flexibility index (Phi) is 6.93. The van der Waals surface area contributed by atoms with Crippen LogP contribution in [0.2, 0.25) is 0 Å². The van der Waals surface area contributed by atoms with Gasteiger partial charge in [-0.25, -0.2) is 4.98 Å². The average molecular weight is 450 g/mol. The van der Waals surface area contributed by atoms with Gasteiger partial charge in [-0.1, -0.05) is 18.2 Å². The number of imidazole rings is 1. The molecule has 1 atom stereocenters. The van der Waals surface area contributed by atoms with E-state index >= 15 is 0 Å². The predicted molar refractivity (Wildman–Crippen MR) is 128 cm³/mol. The molecule has 0 saturated carbocycles. The SMILES string of the molecule is Cc1cccc2nc(NC(=O)c3ccco3)n(C3CCCCN(C(=O)/C=C/CN(C)C)C3)c12. The number of hydrogen-bond donors (Lipinski definition) is 1. The van der Waals surface area contributed by atoms with E-state index in [9.17, 15) is 9.59 Å². The highest BCUT2D eigenvalue weighted by molar-refractivity contribution is 6.02. The molecule has 4 rings (SSSR count). The summed E-state index contributed by atoms with van der Waals surface area (Å²) in [6.45, 7) is 4.05. The van der Waals surface area contributed by atoms with E-state index in [4.69, 9.17) is 9.40 Å². The van der Waals surface area contributed by atoms with E-state index in [-0.39, 0.29) is 23.6 Å². The standard InChI is InChI=1S/C25H31N5O3/c1-18-9-6-11-20-23(18)30(25(26-20)27-24(32)21-12-8-16-33-21)19-10-4-5-15-29(17-19)22(31)13-7-14-28(2)3/h6-9,11-13,16,19H,4-5,10,14-15,17H2,1-3H3,(H,26,27,32)/b13-7+. The van der Waals surface area contributed by atoms with Gasteiger partial charge in [0.2, 0.25) is 11.9 Å². The van der Waals surface area contributed by atoms with Crippen molar-refractivity contribution in [2.75, 3.05) is 39.0 Å². The lowest BCUT2D eigenvalue weighted by Crippen LogP contribution is -2.34. The molecule has 33 heavy (non-hydrogen) atoms. The minimum atomic E-state index is -0.345. The molecule has 1 N–H and O–H groups in total. The lowest BCUT2D eigenvalue weighted by atomic mass is 10.1. The van der Waals surface area contributed by atoms with E-state index in [1.54, 1.807) is 18.2 Å². The normalized spacial score (nSPS) is 17.1. The molecule has 0 bridgehead atoms. The van der Waals surface area contributed by atoms with Gasteiger partial charge in [-0.3, -0.25) is 14.9 Å². The van der Waals surface area contributed by atoms with Crippen LogP contribution in [0.5, 0.6) is 0 Å². The first-order valence-electron chi connectivity index (χ1n) is 11.4. The van der Waals surface area contributed by atoms with Crippen molar-refractivity contribution in [2.45, 2.75) is 32.2 Å². The van der Waals surface area contributed by atoms with Crippen LogP contribution in [0.4, 0.5) is 5.95 Å². The van der Waals surface area contributed by atoms with Crippen LogP contribution in [-0.4, -0.2) is 64.9 Å². The second-order valence-corrected chi connectivity index (χ2v) is 8.78. The van der Waals surface area contributed by atoms with Crippen LogP contribution in [0.3, 0.4) is 0 Å². The Balaban J connectivity index is 1.67. The van der Waals surface area contributed by atoms with Crippen LogP contribution in [0, 0.1) is 6.92 Å². The third-order valence-corrected chi connectivity index (χ3v) is 5.94. The van der Waals surface area contributed by atoms with Gasteiger partial charge in [-0.15, -0.1) is 0 Å². The molecule has 0 radical (unpaired) electrons. The van der Waals surface area contributed by atoms with E-state index in [1.807, 2.05) is 55.1 Å². The Bertz CT molecular complexity index is 1150. The Hall–Kier alpha value is -3.39. The highest BCUT2D eigenvalue weighted by atomic mass is 16.3. The van der Waals surface area contributed by atoms with Crippen molar-refractivity contribution >= 4 is 28.8 Å². The zero-order chi connectivity index (χ0) is 23.4. The molecule has 2 amide bonds. The Morgan fingerprint density at radius 1 is 1.24 bits per heavy atom. The lowest BCUT2D eigenvalue weighted by Gasteiger charge is -2.26. The number of benzene rings is 1. The third kappa shape index (κ3) is 5.17. The van der Waals surface area contributed by atoms with Crippen LogP contribution in [-0.2, 0) is 4.79 Å². The van der Waals surface area contributed by atoms with Crippen molar-refractivity contribution in [3.63, 3.8) is 0 Å². The minimum absolute atomic E-state index is 0.00306. The van der Waals surface area contributed by atoms with Crippen molar-refractivity contribution in [3.05, 3.63) is 60.1 Å². The molecule has 1 aromatic carbocycles. The first-order valence-corrected chi connectivity index (χ1v) is 11.4. The molecular weight excluding hydrogens is 418 g/mol. The van der Waals surface area contributed by atoms with Gasteiger partial charge in [0.25, 0.3) is 5.91 Å². The fraction of sp³-hybridized carbons (Fsp3) is 0.400. The number of nitrogens with one attached hydrogen (secondary N) is 1. The van der Waals surface area contributed by atoms with Gasteiger partial charge in [-0.05, 0) is 64.0 Å². The zero-order valence-corrected chi connectivity index (χ0v) is 19.5. The van der Waals surface area contributed by atoms with E-state index in [2.05, 4.69) is 9.88 Å². The Morgan fingerprint density at radius 2 is 2.09 bits per heavy atom. The van der Waals surface area contributed by atoms with Gasteiger partial charge in [-0.2, -0.15) is 0 Å². The monoisotopic (exact) mass is 449 g/mol. The summed E-state index contributed by atoms with van der Waals surface area (Å²) >= 11 is 0. The predicted octanol–water partition coefficient (Wildman–Crippen LogP) is 3.86. The van der Waals surface area contributed by atoms with E-state index in [1.165, 1.54) is 6.26 Å². The molecule has 1 fully saturated rings. The number of likely N-dealkylation sites (tertiary alicyclic amines) is 1. The average Bonchev–Trinajstić information content (AvgIpc) is 3.37. The summed E-state index contributed by atoms with van der Waals surface area (Å²) in [5, 5.41) is 2.93. The molecule has 174 valence electrons. The molecule has 3 aromatic rings. The van der Waals surface area contributed by atoms with Crippen molar-refractivity contribution in [3.8, 4) is 0 Å². The number of hydrogen-bond acceptors (Lipinski definition) is 5. The Labute approximate surface area is 193 Å². The number of fused-ring (bicyclic) bond motifs is 1. The summed E-state index contributed by atoms with van der Waals surface area (Å²) in [7, 11) is 3.95. The first kappa shape index (κ1) is 22.8. The van der Waals surface area contributed by atoms with E-state index < -0.39 is 0 Å². The number of nitrogens with zero attached hydrogens (tertiary/aromatic N) is 4. The third-order valence-electron chi connectivity index (χ3n) is 5.94. The van der Waals surface area contributed by atoms with Gasteiger partial charge in [0.1, 0.15) is 0 Å². The zero-order valence-electron chi connectivity index (χ0n) is 19.5. The molecule has 1 saturated heterocycles. The van der Waals surface area contributed by atoms with Crippen molar-refractivity contribution in [2.24, 2.45) is 0 Å². The number of aryl methyl sites for hydroxylation is 1. The highest BCUT2D eigenvalue weighted by Gasteiger charge is 2.27. The summed E-state index contributed by atoms with van der Waals surface area (Å²) in [6.07, 6.45) is 7.87. The van der Waals surface area contributed by atoms with Crippen LogP contribution in [0.25, 0.3) is 11.0 Å². The number of amides is 2. The van der Waals surface area contributed by atoms with Gasteiger partial charge in [0.15, 0.2) is 5.76 Å². The maximum atomic E-state index is 12.9. The maximum Gasteiger partial charge on any atom is 0.293 e. The maximum absolute atomic E-state index is 12.9. The summed E-state index contributed by atoms with van der Waals surface area (Å²) in [6, 6.07) is 9.26. The largest absolute Gasteiger partial charge is 0.459 e. The molecular formula is C25H31N5O3. The van der Waals surface area contributed by atoms with Crippen LogP contribution >= 0.6 is 0 Å². The van der Waals surface area contributed by atoms with Crippen LogP contribution in [0.15, 0.2) is 53.2 Å². The fourth-order valence-corrected chi connectivity index (χ4v) is 4.34. The van der Waals surface area contributed by atoms with Crippen LogP contribution < -0.4 is 5.32 Å². The molecule has 1 aliphatic rings. The molecule has 8 nitrogen and oxygen atoms in total. The van der Waals surface area contributed by atoms with E-state index in [0.717, 1.165) is 48.9 Å². The molecule has 1 aliphatic heterocycles. The van der Waals surface area contributed by atoms with Crippen LogP contribution in [0.1, 0.15) is 41.4 Å². The molecule has 1 unspecified atom stereocenters. The van der Waals surface area contributed by atoms with E-state index in [0.29, 0.717) is 12.5 Å². The summed E-state index contributed by atoms with van der Waals surface area (Å²) in [5.74, 6) is 0.380. The molecule has 2 aromatic heterocycles. The molecule has 3 heterocycles. The van der Waals surface area contributed by atoms with Crippen molar-refractivity contribution < 1.29 is 14.0 Å². The number of aromatic nitrogens is 2. The number of rotatable bonds is 6. The number of carbonyl (C=O) groups excluding carboxylic acids is 2. The highest BCUT2D eigenvalue weighted by Crippen LogP contribution is 2.32. The second kappa shape index (κ2) is 10.0. The number of furan rings is 1. The minimum Gasteiger partial charge on any atom is -0.459 e. The summed E-state index contributed by atoms with van der Waals surface area (Å²) in [5.41, 5.74) is 2.87. The fourth-order valence-electron chi connectivity index (χ4n) is 4.34. The molecule has 0 spiro atoms. The second-order valence-electron chi connectivity index (χ2n) is 8.78. The smallest absolute Gasteiger partial charge is 0.293 e. The number of anilines is 1. The molecule has 0 aliphatic carbocycles. The van der Waals surface area contributed by atoms with Crippen molar-refractivity contribution in [1.29, 1.82) is 0 Å². The molecule has 8 heteroatoms. The topological polar surface area (TPSA) is 83.6 Å². The quantitative estimate of drug-likeness (QED) is 0.578. The van der Waals surface area contributed by atoms with Crippen molar-refractivity contribution in [1.82, 2.24) is 19.4 Å². The number of carbonyl (C=O) groups is 2. The number of para-hydroxylation sites is 1. The summed E-state index contributed by atoms with van der Waals surface area (Å²) < 4.78 is 7.36. The first-order chi connectivity index (χ1) is 15.9. The summed E-state index contributed by atoms with van der Waals surface area (Å²) in [4.78, 5) is 34.3. The van der Waals surface area contributed by atoms with Gasteiger partial charge < -0.3 is 18.8 Å². The van der Waals surface area contributed by atoms with Gasteiger partial charge in [0, 0.05) is 25.7 Å². The number of likely N-dealkylation sites (N-methyl/N-ethyl adjacent to an activating group) is 1. The lowest BCUT2D eigenvalue weighted by molar-refractivity contribution is -0.126. The van der Waals surface area contributed by atoms with Gasteiger partial charge >= 0.3 is 0 Å². The van der Waals surface area contributed by atoms with Gasteiger partial charge in [0.05, 0.1) is 23.3 Å².